The number of carboxylic acid groups (broad SMARTS) is 1. The quantitative estimate of drug-likeness (QED) is 0.844. The zero-order chi connectivity index (χ0) is 17.3. The normalized spacial score (nSPS) is 11.8. The lowest BCUT2D eigenvalue weighted by Gasteiger charge is -2.17. The minimum atomic E-state index is -1.04. The van der Waals surface area contributed by atoms with E-state index in [1.165, 1.54) is 5.56 Å². The highest BCUT2D eigenvalue weighted by atomic mass is 35.5. The Labute approximate surface area is 148 Å². The van der Waals surface area contributed by atoms with Crippen LogP contribution in [0.3, 0.4) is 0 Å². The van der Waals surface area contributed by atoms with E-state index in [9.17, 15) is 9.18 Å². The molecular formula is C19H23ClFNO2. The topological polar surface area (TPSA) is 63.3 Å². The van der Waals surface area contributed by atoms with Gasteiger partial charge >= 0.3 is 5.97 Å². The summed E-state index contributed by atoms with van der Waals surface area (Å²) in [6.45, 7) is 7.75. The van der Waals surface area contributed by atoms with Crippen molar-refractivity contribution in [3.05, 3.63) is 57.9 Å². The van der Waals surface area contributed by atoms with E-state index >= 15 is 0 Å². The number of nitrogens with two attached hydrogens (primary N) is 1. The highest BCUT2D eigenvalue weighted by Crippen LogP contribution is 2.33. The summed E-state index contributed by atoms with van der Waals surface area (Å²) in [5, 5.41) is 8.91. The van der Waals surface area contributed by atoms with Gasteiger partial charge in [0.1, 0.15) is 5.82 Å². The Morgan fingerprint density at radius 3 is 2.12 bits per heavy atom. The molecule has 2 aromatic rings. The number of hydrogen-bond acceptors (Lipinski definition) is 2. The molecule has 0 aliphatic rings. The monoisotopic (exact) mass is 351 g/mol. The zero-order valence-corrected chi connectivity index (χ0v) is 15.1. The summed E-state index contributed by atoms with van der Waals surface area (Å²) in [6.07, 6.45) is -0.300. The molecular weight excluding hydrogens is 329 g/mol. The van der Waals surface area contributed by atoms with Crippen molar-refractivity contribution in [2.24, 2.45) is 5.73 Å². The first kappa shape index (κ1) is 20.1. The van der Waals surface area contributed by atoms with Crippen LogP contribution in [0.4, 0.5) is 4.39 Å². The Bertz CT molecular complexity index is 751. The smallest absolute Gasteiger partial charge is 0.305 e. The third-order valence-corrected chi connectivity index (χ3v) is 4.04. The van der Waals surface area contributed by atoms with Crippen LogP contribution in [0.25, 0.3) is 11.1 Å². The molecule has 5 heteroatoms. The number of carboxylic acids is 1. The minimum Gasteiger partial charge on any atom is -0.481 e. The number of rotatable bonds is 4. The van der Waals surface area contributed by atoms with Crippen LogP contribution in [0.5, 0.6) is 0 Å². The largest absolute Gasteiger partial charge is 0.481 e. The van der Waals surface area contributed by atoms with Gasteiger partial charge in [0.25, 0.3) is 0 Å². The average Bonchev–Trinajstić information content (AvgIpc) is 2.40. The van der Waals surface area contributed by atoms with Crippen LogP contribution >= 0.6 is 12.4 Å². The molecule has 0 aliphatic heterocycles. The van der Waals surface area contributed by atoms with Crippen molar-refractivity contribution in [3.63, 3.8) is 0 Å². The van der Waals surface area contributed by atoms with E-state index in [0.717, 1.165) is 22.3 Å². The van der Waals surface area contributed by atoms with Crippen LogP contribution in [0, 0.1) is 33.5 Å². The fourth-order valence-electron chi connectivity index (χ4n) is 3.14. The molecule has 3 nitrogen and oxygen atoms in total. The summed E-state index contributed by atoms with van der Waals surface area (Å²) in [6, 6.07) is 6.77. The van der Waals surface area contributed by atoms with Crippen molar-refractivity contribution >= 4 is 18.4 Å². The molecule has 0 saturated carbocycles. The molecule has 3 N–H and O–H groups in total. The van der Waals surface area contributed by atoms with Crippen LogP contribution in [-0.4, -0.2) is 11.1 Å². The van der Waals surface area contributed by atoms with Crippen LogP contribution in [-0.2, 0) is 4.79 Å². The summed E-state index contributed by atoms with van der Waals surface area (Å²) in [5.41, 5.74) is 11.9. The third kappa shape index (κ3) is 4.13. The van der Waals surface area contributed by atoms with Crippen molar-refractivity contribution in [2.45, 2.75) is 40.2 Å². The van der Waals surface area contributed by atoms with E-state index in [0.29, 0.717) is 5.56 Å². The number of halogens is 2. The predicted molar refractivity (Wildman–Crippen MR) is 97.2 cm³/mol. The standard InChI is InChI=1S/C19H22FNO2.ClH/c1-10-5-11(2)18(12(3)6-10)14-7-13(4)19(20)15(8-14)16(21)9-17(22)23;/h5-8,16H,9,21H2,1-4H3,(H,22,23);1H. The Balaban J connectivity index is 0.00000288. The molecule has 0 fully saturated rings. The van der Waals surface area contributed by atoms with Crippen LogP contribution < -0.4 is 5.73 Å². The van der Waals surface area contributed by atoms with Gasteiger partial charge in [-0.1, -0.05) is 17.7 Å². The highest BCUT2D eigenvalue weighted by molar-refractivity contribution is 5.85. The van der Waals surface area contributed by atoms with E-state index in [1.54, 1.807) is 19.1 Å². The van der Waals surface area contributed by atoms with E-state index in [4.69, 9.17) is 10.8 Å². The maximum atomic E-state index is 14.4. The molecule has 1 unspecified atom stereocenters. The molecule has 2 aromatic carbocycles. The molecule has 2 rings (SSSR count). The van der Waals surface area contributed by atoms with Gasteiger partial charge in [-0.3, -0.25) is 4.79 Å². The summed E-state index contributed by atoms with van der Waals surface area (Å²) >= 11 is 0. The number of hydrogen-bond donors (Lipinski definition) is 2. The third-order valence-electron chi connectivity index (χ3n) is 4.04. The summed E-state index contributed by atoms with van der Waals surface area (Å²) in [5.74, 6) is -1.47. The van der Waals surface area contributed by atoms with Crippen LogP contribution in [0.15, 0.2) is 24.3 Å². The van der Waals surface area contributed by atoms with Gasteiger partial charge in [0.2, 0.25) is 0 Å². The van der Waals surface area contributed by atoms with Crippen LogP contribution in [0.1, 0.15) is 40.3 Å². The molecule has 0 amide bonds. The van der Waals surface area contributed by atoms with E-state index in [-0.39, 0.29) is 24.4 Å². The maximum absolute atomic E-state index is 14.4. The molecule has 0 aliphatic carbocycles. The Hall–Kier alpha value is -1.91. The molecule has 0 spiro atoms. The van der Waals surface area contributed by atoms with Crippen molar-refractivity contribution in [1.82, 2.24) is 0 Å². The SMILES string of the molecule is Cc1cc(C)c(-c2cc(C)c(F)c(C(N)CC(=O)O)c2)c(C)c1.Cl. The van der Waals surface area contributed by atoms with Gasteiger partial charge < -0.3 is 10.8 Å². The van der Waals surface area contributed by atoms with E-state index in [2.05, 4.69) is 12.1 Å². The molecule has 0 bridgehead atoms. The fourth-order valence-corrected chi connectivity index (χ4v) is 3.14. The second kappa shape index (κ2) is 7.77. The molecule has 0 saturated heterocycles. The molecule has 24 heavy (non-hydrogen) atoms. The summed E-state index contributed by atoms with van der Waals surface area (Å²) < 4.78 is 14.4. The predicted octanol–water partition coefficient (Wildman–Crippen LogP) is 4.62. The Morgan fingerprint density at radius 1 is 1.08 bits per heavy atom. The van der Waals surface area contributed by atoms with Gasteiger partial charge in [-0.05, 0) is 67.6 Å². The maximum Gasteiger partial charge on any atom is 0.305 e. The first-order valence-electron chi connectivity index (χ1n) is 7.56. The van der Waals surface area contributed by atoms with Crippen molar-refractivity contribution in [2.75, 3.05) is 0 Å². The van der Waals surface area contributed by atoms with Gasteiger partial charge in [-0.15, -0.1) is 12.4 Å². The van der Waals surface area contributed by atoms with Gasteiger partial charge in [0.15, 0.2) is 0 Å². The first-order valence-corrected chi connectivity index (χ1v) is 7.56. The lowest BCUT2D eigenvalue weighted by Crippen LogP contribution is -2.17. The fraction of sp³-hybridized carbons (Fsp3) is 0.316. The number of aryl methyl sites for hydroxylation is 4. The molecule has 0 heterocycles. The van der Waals surface area contributed by atoms with Gasteiger partial charge in [0, 0.05) is 11.6 Å². The van der Waals surface area contributed by atoms with Gasteiger partial charge in [-0.25, -0.2) is 4.39 Å². The van der Waals surface area contributed by atoms with Crippen molar-refractivity contribution < 1.29 is 14.3 Å². The highest BCUT2D eigenvalue weighted by Gasteiger charge is 2.19. The van der Waals surface area contributed by atoms with Crippen molar-refractivity contribution in [3.8, 4) is 11.1 Å². The Kier molecular flexibility index (Phi) is 6.52. The van der Waals surface area contributed by atoms with E-state index < -0.39 is 17.8 Å². The first-order chi connectivity index (χ1) is 10.7. The van der Waals surface area contributed by atoms with Crippen LogP contribution in [0.2, 0.25) is 0 Å². The minimum absolute atomic E-state index is 0. The lowest BCUT2D eigenvalue weighted by atomic mass is 9.90. The molecule has 0 radical (unpaired) electrons. The number of benzene rings is 2. The van der Waals surface area contributed by atoms with Gasteiger partial charge in [-0.2, -0.15) is 0 Å². The van der Waals surface area contributed by atoms with Gasteiger partial charge in [0.05, 0.1) is 6.42 Å². The average molecular weight is 352 g/mol. The lowest BCUT2D eigenvalue weighted by molar-refractivity contribution is -0.137. The number of carbonyl (C=O) groups is 1. The molecule has 1 atom stereocenters. The number of aliphatic carboxylic acids is 1. The van der Waals surface area contributed by atoms with Crippen molar-refractivity contribution in [1.29, 1.82) is 0 Å². The second-order valence-corrected chi connectivity index (χ2v) is 6.17. The zero-order valence-electron chi connectivity index (χ0n) is 14.3. The molecule has 130 valence electrons. The second-order valence-electron chi connectivity index (χ2n) is 6.17. The summed E-state index contributed by atoms with van der Waals surface area (Å²) in [4.78, 5) is 10.9. The van der Waals surface area contributed by atoms with E-state index in [1.807, 2.05) is 20.8 Å². The Morgan fingerprint density at radius 2 is 1.62 bits per heavy atom. The molecule has 0 aromatic heterocycles. The summed E-state index contributed by atoms with van der Waals surface area (Å²) in [7, 11) is 0.